The third kappa shape index (κ3) is 4.51. The number of halogens is 1. The summed E-state index contributed by atoms with van der Waals surface area (Å²) in [6.45, 7) is 0.307. The zero-order valence-corrected chi connectivity index (χ0v) is 17.0. The van der Waals surface area contributed by atoms with E-state index in [-0.39, 0.29) is 29.8 Å². The molecule has 2 aromatic rings. The Hall–Kier alpha value is -2.65. The molecule has 9 heteroatoms. The van der Waals surface area contributed by atoms with Crippen LogP contribution in [0, 0.1) is 11.7 Å². The highest BCUT2D eigenvalue weighted by molar-refractivity contribution is 7.89. The van der Waals surface area contributed by atoms with E-state index in [1.807, 2.05) is 0 Å². The summed E-state index contributed by atoms with van der Waals surface area (Å²) in [5, 5.41) is 2.83. The van der Waals surface area contributed by atoms with Gasteiger partial charge in [-0.2, -0.15) is 4.31 Å². The summed E-state index contributed by atoms with van der Waals surface area (Å²) in [5.41, 5.74) is 0.564. The highest BCUT2D eigenvalue weighted by Crippen LogP contribution is 2.31. The van der Waals surface area contributed by atoms with Crippen LogP contribution in [0.2, 0.25) is 0 Å². The fraction of sp³-hybridized carbons (Fsp3) is 0.350. The molecule has 29 heavy (non-hydrogen) atoms. The lowest BCUT2D eigenvalue weighted by Gasteiger charge is -2.30. The van der Waals surface area contributed by atoms with E-state index in [0.717, 1.165) is 6.07 Å². The molecule has 0 radical (unpaired) electrons. The van der Waals surface area contributed by atoms with Crippen LogP contribution in [0.5, 0.6) is 11.5 Å². The fourth-order valence-corrected chi connectivity index (χ4v) is 4.84. The molecule has 7 nitrogen and oxygen atoms in total. The topological polar surface area (TPSA) is 84.9 Å². The molecule has 0 bridgehead atoms. The Labute approximate surface area is 169 Å². The predicted octanol–water partition coefficient (Wildman–Crippen LogP) is 2.88. The second-order valence-electron chi connectivity index (χ2n) is 6.67. The number of benzene rings is 2. The van der Waals surface area contributed by atoms with Crippen molar-refractivity contribution in [3.8, 4) is 11.5 Å². The van der Waals surface area contributed by atoms with Gasteiger partial charge in [0.05, 0.1) is 14.2 Å². The van der Waals surface area contributed by atoms with E-state index in [4.69, 9.17) is 9.47 Å². The Morgan fingerprint density at radius 2 is 1.72 bits per heavy atom. The van der Waals surface area contributed by atoms with Gasteiger partial charge >= 0.3 is 0 Å². The number of amides is 1. The number of carbonyl (C=O) groups is 1. The Kier molecular flexibility index (Phi) is 6.39. The first-order valence-electron chi connectivity index (χ1n) is 9.14. The summed E-state index contributed by atoms with van der Waals surface area (Å²) in [5.74, 6) is -0.260. The van der Waals surface area contributed by atoms with Crippen LogP contribution in [-0.4, -0.2) is 45.9 Å². The lowest BCUT2D eigenvalue weighted by atomic mass is 9.97. The maximum absolute atomic E-state index is 13.9. The zero-order chi connectivity index (χ0) is 21.0. The lowest BCUT2D eigenvalue weighted by Crippen LogP contribution is -2.41. The number of hydrogen-bond acceptors (Lipinski definition) is 5. The van der Waals surface area contributed by atoms with Crippen molar-refractivity contribution in [3.05, 3.63) is 48.3 Å². The molecule has 3 rings (SSSR count). The Morgan fingerprint density at radius 3 is 2.34 bits per heavy atom. The van der Waals surface area contributed by atoms with E-state index < -0.39 is 15.8 Å². The molecule has 0 atom stereocenters. The summed E-state index contributed by atoms with van der Waals surface area (Å²) in [6.07, 6.45) is 0.708. The van der Waals surface area contributed by atoms with Crippen molar-refractivity contribution in [2.24, 2.45) is 5.92 Å². The minimum Gasteiger partial charge on any atom is -0.493 e. The SMILES string of the molecule is COc1ccc(NC(=O)C2CCN(S(=O)(=O)c3ccccc3F)CC2)cc1OC. The smallest absolute Gasteiger partial charge is 0.245 e. The molecule has 2 aromatic carbocycles. The van der Waals surface area contributed by atoms with Crippen molar-refractivity contribution >= 4 is 21.6 Å². The van der Waals surface area contributed by atoms with Gasteiger partial charge in [0, 0.05) is 30.8 Å². The molecule has 0 unspecified atom stereocenters. The van der Waals surface area contributed by atoms with Crippen molar-refractivity contribution in [2.75, 3.05) is 32.6 Å². The van der Waals surface area contributed by atoms with Crippen LogP contribution in [0.1, 0.15) is 12.8 Å². The molecule has 1 aliphatic rings. The van der Waals surface area contributed by atoms with Gasteiger partial charge in [0.2, 0.25) is 15.9 Å². The quantitative estimate of drug-likeness (QED) is 0.774. The zero-order valence-electron chi connectivity index (χ0n) is 16.2. The van der Waals surface area contributed by atoms with Crippen LogP contribution in [0.25, 0.3) is 0 Å². The van der Waals surface area contributed by atoms with Crippen LogP contribution < -0.4 is 14.8 Å². The average Bonchev–Trinajstić information content (AvgIpc) is 2.73. The number of ether oxygens (including phenoxy) is 2. The van der Waals surface area contributed by atoms with E-state index >= 15 is 0 Å². The summed E-state index contributed by atoms with van der Waals surface area (Å²) >= 11 is 0. The maximum Gasteiger partial charge on any atom is 0.245 e. The molecule has 0 aromatic heterocycles. The normalized spacial score (nSPS) is 15.7. The largest absolute Gasteiger partial charge is 0.493 e. The van der Waals surface area contributed by atoms with Gasteiger partial charge in [-0.3, -0.25) is 4.79 Å². The van der Waals surface area contributed by atoms with Crippen molar-refractivity contribution < 1.29 is 27.1 Å². The highest BCUT2D eigenvalue weighted by atomic mass is 32.2. The van der Waals surface area contributed by atoms with E-state index in [1.54, 1.807) is 18.2 Å². The van der Waals surface area contributed by atoms with Crippen molar-refractivity contribution in [1.82, 2.24) is 4.31 Å². The molecule has 1 heterocycles. The van der Waals surface area contributed by atoms with Crippen molar-refractivity contribution in [1.29, 1.82) is 0 Å². The van der Waals surface area contributed by atoms with Gasteiger partial charge in [0.25, 0.3) is 0 Å². The number of anilines is 1. The van der Waals surface area contributed by atoms with Gasteiger partial charge in [0.1, 0.15) is 10.7 Å². The molecule has 1 aliphatic heterocycles. The third-order valence-corrected chi connectivity index (χ3v) is 6.86. The van der Waals surface area contributed by atoms with Gasteiger partial charge in [-0.1, -0.05) is 12.1 Å². The first-order chi connectivity index (χ1) is 13.9. The number of carbonyl (C=O) groups excluding carboxylic acids is 1. The first kappa shape index (κ1) is 21.1. The van der Waals surface area contributed by atoms with E-state index in [2.05, 4.69) is 5.32 Å². The van der Waals surface area contributed by atoms with Gasteiger partial charge < -0.3 is 14.8 Å². The second kappa shape index (κ2) is 8.79. The molecule has 1 amide bonds. The minimum absolute atomic E-state index is 0.153. The monoisotopic (exact) mass is 422 g/mol. The fourth-order valence-electron chi connectivity index (χ4n) is 3.31. The molecule has 1 fully saturated rings. The van der Waals surface area contributed by atoms with Gasteiger partial charge in [-0.15, -0.1) is 0 Å². The standard InChI is InChI=1S/C20H23FN2O5S/c1-27-17-8-7-15(13-18(17)28-2)22-20(24)14-9-11-23(12-10-14)29(25,26)19-6-4-3-5-16(19)21/h3-8,13-14H,9-12H2,1-2H3,(H,22,24). The average molecular weight is 422 g/mol. The lowest BCUT2D eigenvalue weighted by molar-refractivity contribution is -0.120. The molecule has 0 aliphatic carbocycles. The molecular weight excluding hydrogens is 399 g/mol. The van der Waals surface area contributed by atoms with E-state index in [1.165, 1.54) is 36.7 Å². The Balaban J connectivity index is 1.63. The summed E-state index contributed by atoms with van der Waals surface area (Å²) < 4.78 is 50.9. The van der Waals surface area contributed by atoms with Gasteiger partial charge in [-0.05, 0) is 37.1 Å². The number of rotatable bonds is 6. The number of piperidine rings is 1. The number of sulfonamides is 1. The van der Waals surface area contributed by atoms with Gasteiger partial charge in [0.15, 0.2) is 11.5 Å². The molecule has 0 saturated carbocycles. The van der Waals surface area contributed by atoms with Crippen molar-refractivity contribution in [2.45, 2.75) is 17.7 Å². The van der Waals surface area contributed by atoms with E-state index in [0.29, 0.717) is 30.0 Å². The molecule has 1 N–H and O–H groups in total. The predicted molar refractivity (Wildman–Crippen MR) is 106 cm³/mol. The number of hydrogen-bond donors (Lipinski definition) is 1. The summed E-state index contributed by atoms with van der Waals surface area (Å²) in [7, 11) is -0.885. The molecule has 0 spiro atoms. The second-order valence-corrected chi connectivity index (χ2v) is 8.57. The summed E-state index contributed by atoms with van der Waals surface area (Å²) in [6, 6.07) is 10.4. The summed E-state index contributed by atoms with van der Waals surface area (Å²) in [4.78, 5) is 12.3. The number of methoxy groups -OCH3 is 2. The van der Waals surface area contributed by atoms with Crippen molar-refractivity contribution in [3.63, 3.8) is 0 Å². The van der Waals surface area contributed by atoms with Crippen LogP contribution >= 0.6 is 0 Å². The molecular formula is C20H23FN2O5S. The van der Waals surface area contributed by atoms with Gasteiger partial charge in [-0.25, -0.2) is 12.8 Å². The van der Waals surface area contributed by atoms with E-state index in [9.17, 15) is 17.6 Å². The third-order valence-electron chi connectivity index (χ3n) is 4.93. The Bertz CT molecular complexity index is 988. The first-order valence-corrected chi connectivity index (χ1v) is 10.6. The van der Waals surface area contributed by atoms with Crippen LogP contribution in [0.4, 0.5) is 10.1 Å². The maximum atomic E-state index is 13.9. The Morgan fingerprint density at radius 1 is 1.07 bits per heavy atom. The molecule has 156 valence electrons. The van der Waals surface area contributed by atoms with Crippen LogP contribution in [0.3, 0.4) is 0 Å². The van der Waals surface area contributed by atoms with Crippen LogP contribution in [-0.2, 0) is 14.8 Å². The minimum atomic E-state index is -3.92. The highest BCUT2D eigenvalue weighted by Gasteiger charge is 2.33. The number of nitrogens with one attached hydrogen (secondary N) is 1. The van der Waals surface area contributed by atoms with Crippen LogP contribution in [0.15, 0.2) is 47.4 Å². The molecule has 1 saturated heterocycles. The number of nitrogens with zero attached hydrogens (tertiary/aromatic N) is 1.